The number of hydrogen-bond acceptors (Lipinski definition) is 3. The van der Waals surface area contributed by atoms with Gasteiger partial charge in [-0.05, 0) is 65.4 Å². The van der Waals surface area contributed by atoms with E-state index in [4.69, 9.17) is 11.6 Å². The molecule has 0 saturated heterocycles. The van der Waals surface area contributed by atoms with Gasteiger partial charge in [0.2, 0.25) is 10.0 Å². The van der Waals surface area contributed by atoms with E-state index in [-0.39, 0.29) is 23.9 Å². The van der Waals surface area contributed by atoms with Crippen LogP contribution in [0.3, 0.4) is 0 Å². The van der Waals surface area contributed by atoms with Crippen LogP contribution in [0.1, 0.15) is 60.8 Å². The molecule has 3 aromatic rings. The fourth-order valence-corrected chi connectivity index (χ4v) is 4.58. The number of anilines is 1. The largest absolute Gasteiger partial charge is 0.346 e. The summed E-state index contributed by atoms with van der Waals surface area (Å²) < 4.78 is 26.2. The molecule has 0 aliphatic carbocycles. The second-order valence-electron chi connectivity index (χ2n) is 9.51. The molecule has 5 nitrogen and oxygen atoms in total. The zero-order valence-electron chi connectivity index (χ0n) is 20.2. The number of carbonyl (C=O) groups excluding carboxylic acids is 1. The lowest BCUT2D eigenvalue weighted by atomic mass is 9.86. The molecule has 1 N–H and O–H groups in total. The first-order valence-corrected chi connectivity index (χ1v) is 13.3. The summed E-state index contributed by atoms with van der Waals surface area (Å²) in [7, 11) is -3.53. The van der Waals surface area contributed by atoms with Gasteiger partial charge in [0.25, 0.3) is 5.91 Å². The van der Waals surface area contributed by atoms with Crippen molar-refractivity contribution in [3.63, 3.8) is 0 Å². The first-order valence-electron chi connectivity index (χ1n) is 11.1. The van der Waals surface area contributed by atoms with Crippen molar-refractivity contribution in [1.29, 1.82) is 0 Å². The summed E-state index contributed by atoms with van der Waals surface area (Å²) in [5.41, 5.74) is 4.08. The van der Waals surface area contributed by atoms with Crippen molar-refractivity contribution in [2.45, 2.75) is 45.7 Å². The molecular formula is C27H31ClN2O3S. The summed E-state index contributed by atoms with van der Waals surface area (Å²) in [6.45, 7) is 8.60. The Bertz CT molecular complexity index is 1230. The van der Waals surface area contributed by atoms with Crippen LogP contribution in [-0.4, -0.2) is 20.6 Å². The van der Waals surface area contributed by atoms with E-state index in [2.05, 4.69) is 38.2 Å². The topological polar surface area (TPSA) is 66.5 Å². The number of sulfonamides is 1. The summed E-state index contributed by atoms with van der Waals surface area (Å²) in [5.74, 6) is -0.220. The van der Waals surface area contributed by atoms with E-state index in [0.717, 1.165) is 17.4 Å². The zero-order chi connectivity index (χ0) is 25.1. The molecule has 0 spiro atoms. The number of carbonyl (C=O) groups is 1. The minimum Gasteiger partial charge on any atom is -0.346 e. The van der Waals surface area contributed by atoms with Crippen LogP contribution in [0.25, 0.3) is 0 Å². The molecule has 0 fully saturated rings. The number of benzene rings is 3. The SMILES string of the molecule is C[C@@H](NC(=O)c1ccc(N(Cc2ccc(Cl)cc2)S(C)(=O)=O)cc1)c1ccc(C(C)(C)C)cc1. The van der Waals surface area contributed by atoms with Gasteiger partial charge >= 0.3 is 0 Å². The van der Waals surface area contributed by atoms with Crippen molar-refractivity contribution in [2.75, 3.05) is 10.6 Å². The summed E-state index contributed by atoms with van der Waals surface area (Å²) in [6, 6.07) is 21.7. The molecule has 0 radical (unpaired) electrons. The molecule has 1 amide bonds. The number of amides is 1. The number of hydrogen-bond donors (Lipinski definition) is 1. The average molecular weight is 499 g/mol. The normalized spacial score (nSPS) is 12.8. The van der Waals surface area contributed by atoms with Crippen molar-refractivity contribution in [3.8, 4) is 0 Å². The van der Waals surface area contributed by atoms with Gasteiger partial charge in [-0.1, -0.05) is 68.8 Å². The van der Waals surface area contributed by atoms with E-state index in [1.54, 1.807) is 48.5 Å². The maximum absolute atomic E-state index is 12.8. The van der Waals surface area contributed by atoms with Gasteiger partial charge < -0.3 is 5.32 Å². The molecule has 0 aliphatic rings. The quantitative estimate of drug-likeness (QED) is 0.428. The van der Waals surface area contributed by atoms with Gasteiger partial charge in [0, 0.05) is 10.6 Å². The third kappa shape index (κ3) is 6.61. The molecule has 3 aromatic carbocycles. The lowest BCUT2D eigenvalue weighted by Gasteiger charge is -2.23. The van der Waals surface area contributed by atoms with E-state index >= 15 is 0 Å². The Balaban J connectivity index is 1.72. The fourth-order valence-electron chi connectivity index (χ4n) is 3.57. The van der Waals surface area contributed by atoms with Crippen LogP contribution >= 0.6 is 11.6 Å². The van der Waals surface area contributed by atoms with Crippen LogP contribution in [0.15, 0.2) is 72.8 Å². The Hall–Kier alpha value is -2.83. The minimum absolute atomic E-state index is 0.0696. The minimum atomic E-state index is -3.53. The van der Waals surface area contributed by atoms with Crippen molar-refractivity contribution in [3.05, 3.63) is 100 Å². The summed E-state index contributed by atoms with van der Waals surface area (Å²) in [4.78, 5) is 12.8. The van der Waals surface area contributed by atoms with Gasteiger partial charge in [-0.3, -0.25) is 9.10 Å². The van der Waals surface area contributed by atoms with Crippen molar-refractivity contribution >= 4 is 33.2 Å². The number of nitrogens with one attached hydrogen (secondary N) is 1. The molecule has 180 valence electrons. The van der Waals surface area contributed by atoms with Crippen LogP contribution in [-0.2, 0) is 22.0 Å². The molecule has 3 rings (SSSR count). The van der Waals surface area contributed by atoms with Gasteiger partial charge in [-0.25, -0.2) is 8.42 Å². The standard InChI is InChI=1S/C27H31ClN2O3S/c1-19(21-8-12-23(13-9-21)27(2,3)4)29-26(31)22-10-16-25(17-11-22)30(34(5,32)33)18-20-6-14-24(28)15-7-20/h6-17,19H,18H2,1-5H3,(H,29,31)/t19-/m1/s1. The Kier molecular flexibility index (Phi) is 7.74. The van der Waals surface area contributed by atoms with Crippen molar-refractivity contribution in [1.82, 2.24) is 5.32 Å². The Morgan fingerprint density at radius 2 is 1.50 bits per heavy atom. The van der Waals surface area contributed by atoms with Crippen LogP contribution < -0.4 is 9.62 Å². The Morgan fingerprint density at radius 1 is 0.941 bits per heavy atom. The maximum Gasteiger partial charge on any atom is 0.251 e. The highest BCUT2D eigenvalue weighted by Crippen LogP contribution is 2.25. The van der Waals surface area contributed by atoms with E-state index in [1.807, 2.05) is 19.1 Å². The molecule has 0 aromatic heterocycles. The highest BCUT2D eigenvalue weighted by atomic mass is 35.5. The third-order valence-corrected chi connectivity index (χ3v) is 7.07. The fraction of sp³-hybridized carbons (Fsp3) is 0.296. The molecule has 0 saturated carbocycles. The van der Waals surface area contributed by atoms with E-state index in [9.17, 15) is 13.2 Å². The van der Waals surface area contributed by atoms with Crippen molar-refractivity contribution in [2.24, 2.45) is 0 Å². The van der Waals surface area contributed by atoms with E-state index in [1.165, 1.54) is 9.87 Å². The molecule has 0 heterocycles. The number of nitrogens with zero attached hydrogens (tertiary/aromatic N) is 1. The lowest BCUT2D eigenvalue weighted by molar-refractivity contribution is 0.0940. The van der Waals surface area contributed by atoms with E-state index in [0.29, 0.717) is 16.3 Å². The number of halogens is 1. The van der Waals surface area contributed by atoms with Crippen molar-refractivity contribution < 1.29 is 13.2 Å². The molecule has 0 bridgehead atoms. The third-order valence-electron chi connectivity index (χ3n) is 5.68. The number of rotatable bonds is 7. The Morgan fingerprint density at radius 3 is 2.00 bits per heavy atom. The molecule has 0 unspecified atom stereocenters. The van der Waals surface area contributed by atoms with E-state index < -0.39 is 10.0 Å². The zero-order valence-corrected chi connectivity index (χ0v) is 21.7. The second kappa shape index (κ2) is 10.2. The van der Waals surface area contributed by atoms with Gasteiger partial charge in [-0.2, -0.15) is 0 Å². The molecule has 0 aliphatic heterocycles. The van der Waals surface area contributed by atoms with Gasteiger partial charge in [0.05, 0.1) is 24.5 Å². The molecule has 34 heavy (non-hydrogen) atoms. The van der Waals surface area contributed by atoms with Crippen LogP contribution in [0.4, 0.5) is 5.69 Å². The summed E-state index contributed by atoms with van der Waals surface area (Å²) in [6.07, 6.45) is 1.16. The second-order valence-corrected chi connectivity index (χ2v) is 11.9. The summed E-state index contributed by atoms with van der Waals surface area (Å²) >= 11 is 5.93. The Labute approximate surface area is 207 Å². The van der Waals surface area contributed by atoms with Gasteiger partial charge in [0.15, 0.2) is 0 Å². The van der Waals surface area contributed by atoms with Crippen LogP contribution in [0.5, 0.6) is 0 Å². The first-order chi connectivity index (χ1) is 15.8. The molecule has 7 heteroatoms. The van der Waals surface area contributed by atoms with Crippen LogP contribution in [0.2, 0.25) is 5.02 Å². The average Bonchev–Trinajstić information content (AvgIpc) is 2.77. The predicted molar refractivity (Wildman–Crippen MR) is 140 cm³/mol. The van der Waals surface area contributed by atoms with Gasteiger partial charge in [-0.15, -0.1) is 0 Å². The highest BCUT2D eigenvalue weighted by Gasteiger charge is 2.19. The van der Waals surface area contributed by atoms with Crippen LogP contribution in [0, 0.1) is 0 Å². The maximum atomic E-state index is 12.8. The first kappa shape index (κ1) is 25.8. The highest BCUT2D eigenvalue weighted by molar-refractivity contribution is 7.92. The van der Waals surface area contributed by atoms with Gasteiger partial charge in [0.1, 0.15) is 0 Å². The summed E-state index contributed by atoms with van der Waals surface area (Å²) in [5, 5.41) is 3.60. The molecule has 1 atom stereocenters. The predicted octanol–water partition coefficient (Wildman–Crippen LogP) is 6.09. The monoisotopic (exact) mass is 498 g/mol. The molecular weight excluding hydrogens is 468 g/mol. The lowest BCUT2D eigenvalue weighted by Crippen LogP contribution is -2.29. The smallest absolute Gasteiger partial charge is 0.251 e.